The van der Waals surface area contributed by atoms with Crippen molar-refractivity contribution >= 4 is 0 Å². The van der Waals surface area contributed by atoms with E-state index in [1.165, 1.54) is 12.3 Å². The molecule has 0 aromatic carbocycles. The molecule has 0 bridgehead atoms. The van der Waals surface area contributed by atoms with Gasteiger partial charge in [0.1, 0.15) is 12.4 Å². The molecule has 0 saturated heterocycles. The van der Waals surface area contributed by atoms with Gasteiger partial charge in [-0.2, -0.15) is 0 Å². The van der Waals surface area contributed by atoms with Crippen molar-refractivity contribution in [1.82, 2.24) is 10.3 Å². The number of halogens is 1. The molecule has 0 amide bonds. The molecule has 1 heterocycles. The molecule has 0 radical (unpaired) electrons. The van der Waals surface area contributed by atoms with Crippen molar-refractivity contribution in [3.05, 3.63) is 23.6 Å². The van der Waals surface area contributed by atoms with Gasteiger partial charge in [0.2, 0.25) is 5.88 Å². The van der Waals surface area contributed by atoms with Crippen molar-refractivity contribution in [2.24, 2.45) is 5.92 Å². The van der Waals surface area contributed by atoms with Crippen LogP contribution in [0.3, 0.4) is 0 Å². The molecule has 0 aliphatic rings. The average molecular weight is 284 g/mol. The Labute approximate surface area is 120 Å². The molecule has 1 rings (SSSR count). The summed E-state index contributed by atoms with van der Waals surface area (Å²) in [5, 5.41) is 3.23. The molecule has 20 heavy (non-hydrogen) atoms. The molecule has 0 unspecified atom stereocenters. The van der Waals surface area contributed by atoms with Gasteiger partial charge in [-0.1, -0.05) is 27.7 Å². The second kappa shape index (κ2) is 8.87. The molecule has 0 spiro atoms. The molecule has 114 valence electrons. The van der Waals surface area contributed by atoms with E-state index in [9.17, 15) is 4.39 Å². The largest absolute Gasteiger partial charge is 0.475 e. The normalized spacial score (nSPS) is 11.3. The third kappa shape index (κ3) is 6.82. The van der Waals surface area contributed by atoms with Gasteiger partial charge < -0.3 is 14.8 Å². The first-order valence-corrected chi connectivity index (χ1v) is 7.07. The van der Waals surface area contributed by atoms with Gasteiger partial charge in [-0.3, -0.25) is 0 Å². The molecule has 1 N–H and O–H groups in total. The SMILES string of the molecule is CC(C)COCCOc1ncc(F)cc1CNC(C)C. The monoisotopic (exact) mass is 284 g/mol. The van der Waals surface area contributed by atoms with Crippen molar-refractivity contribution in [3.63, 3.8) is 0 Å². The van der Waals surface area contributed by atoms with Crippen molar-refractivity contribution in [3.8, 4) is 5.88 Å². The number of pyridine rings is 1. The van der Waals surface area contributed by atoms with Gasteiger partial charge in [0, 0.05) is 24.8 Å². The van der Waals surface area contributed by atoms with Gasteiger partial charge in [-0.15, -0.1) is 0 Å². The summed E-state index contributed by atoms with van der Waals surface area (Å²) >= 11 is 0. The Bertz CT molecular complexity index is 397. The first kappa shape index (κ1) is 16.9. The Balaban J connectivity index is 2.47. The van der Waals surface area contributed by atoms with E-state index < -0.39 is 0 Å². The molecule has 1 aromatic rings. The first-order valence-electron chi connectivity index (χ1n) is 7.07. The van der Waals surface area contributed by atoms with E-state index in [4.69, 9.17) is 9.47 Å². The van der Waals surface area contributed by atoms with E-state index >= 15 is 0 Å². The van der Waals surface area contributed by atoms with Gasteiger partial charge in [-0.05, 0) is 12.0 Å². The summed E-state index contributed by atoms with van der Waals surface area (Å²) in [4.78, 5) is 4.00. The molecule has 0 saturated carbocycles. The highest BCUT2D eigenvalue weighted by Crippen LogP contribution is 2.16. The lowest BCUT2D eigenvalue weighted by Gasteiger charge is -2.13. The third-order valence-corrected chi connectivity index (χ3v) is 2.51. The Kier molecular flexibility index (Phi) is 7.47. The summed E-state index contributed by atoms with van der Waals surface area (Å²) in [6, 6.07) is 1.77. The molecule has 0 fully saturated rings. The standard InChI is InChI=1S/C15H25FN2O2/c1-11(2)10-19-5-6-20-15-13(8-17-12(3)4)7-14(16)9-18-15/h7,9,11-12,17H,5-6,8,10H2,1-4H3. The average Bonchev–Trinajstić information content (AvgIpc) is 2.37. The summed E-state index contributed by atoms with van der Waals surface area (Å²) in [5.41, 5.74) is 0.725. The molecule has 5 heteroatoms. The maximum atomic E-state index is 13.2. The van der Waals surface area contributed by atoms with Crippen LogP contribution in [0.4, 0.5) is 4.39 Å². The predicted molar refractivity (Wildman–Crippen MR) is 77.3 cm³/mol. The first-order chi connectivity index (χ1) is 9.49. The summed E-state index contributed by atoms with van der Waals surface area (Å²) < 4.78 is 24.2. The van der Waals surface area contributed by atoms with Crippen LogP contribution in [-0.2, 0) is 11.3 Å². The molecule has 0 aliphatic heterocycles. The Morgan fingerprint density at radius 2 is 2.00 bits per heavy atom. The second-order valence-electron chi connectivity index (χ2n) is 5.47. The third-order valence-electron chi connectivity index (χ3n) is 2.51. The highest BCUT2D eigenvalue weighted by atomic mass is 19.1. The van der Waals surface area contributed by atoms with E-state index in [1.807, 2.05) is 13.8 Å². The van der Waals surface area contributed by atoms with Crippen LogP contribution >= 0.6 is 0 Å². The van der Waals surface area contributed by atoms with Gasteiger partial charge in [0.25, 0.3) is 0 Å². The zero-order chi connectivity index (χ0) is 15.0. The minimum Gasteiger partial charge on any atom is -0.475 e. The van der Waals surface area contributed by atoms with Crippen molar-refractivity contribution in [1.29, 1.82) is 0 Å². The fraction of sp³-hybridized carbons (Fsp3) is 0.667. The van der Waals surface area contributed by atoms with Crippen molar-refractivity contribution < 1.29 is 13.9 Å². The molecule has 1 aromatic heterocycles. The lowest BCUT2D eigenvalue weighted by Crippen LogP contribution is -2.22. The Morgan fingerprint density at radius 3 is 2.65 bits per heavy atom. The van der Waals surface area contributed by atoms with Crippen LogP contribution in [0.15, 0.2) is 12.3 Å². The molecule has 0 atom stereocenters. The van der Waals surface area contributed by atoms with Crippen LogP contribution in [0.1, 0.15) is 33.3 Å². The van der Waals surface area contributed by atoms with Gasteiger partial charge in [-0.25, -0.2) is 9.37 Å². The molecule has 0 aliphatic carbocycles. The van der Waals surface area contributed by atoms with Gasteiger partial charge in [0.15, 0.2) is 0 Å². The number of hydrogen-bond donors (Lipinski definition) is 1. The van der Waals surface area contributed by atoms with E-state index in [-0.39, 0.29) is 5.82 Å². The molecule has 4 nitrogen and oxygen atoms in total. The zero-order valence-electron chi connectivity index (χ0n) is 12.8. The Morgan fingerprint density at radius 1 is 1.25 bits per heavy atom. The summed E-state index contributed by atoms with van der Waals surface area (Å²) in [5.74, 6) is 0.617. The number of rotatable bonds is 9. The zero-order valence-corrected chi connectivity index (χ0v) is 12.8. The fourth-order valence-corrected chi connectivity index (χ4v) is 1.56. The van der Waals surface area contributed by atoms with Crippen molar-refractivity contribution in [2.75, 3.05) is 19.8 Å². The maximum Gasteiger partial charge on any atom is 0.218 e. The fourth-order valence-electron chi connectivity index (χ4n) is 1.56. The van der Waals surface area contributed by atoms with E-state index in [0.29, 0.717) is 44.2 Å². The summed E-state index contributed by atoms with van der Waals surface area (Å²) in [6.07, 6.45) is 1.17. The van der Waals surface area contributed by atoms with Gasteiger partial charge >= 0.3 is 0 Å². The number of nitrogens with zero attached hydrogens (tertiary/aromatic N) is 1. The van der Waals surface area contributed by atoms with Crippen LogP contribution in [0.2, 0.25) is 0 Å². The van der Waals surface area contributed by atoms with Crippen LogP contribution in [-0.4, -0.2) is 30.8 Å². The minimum atomic E-state index is -0.353. The quantitative estimate of drug-likeness (QED) is 0.708. The maximum absolute atomic E-state index is 13.2. The number of nitrogens with one attached hydrogen (secondary N) is 1. The van der Waals surface area contributed by atoms with Crippen LogP contribution in [0.25, 0.3) is 0 Å². The van der Waals surface area contributed by atoms with E-state index in [2.05, 4.69) is 24.1 Å². The van der Waals surface area contributed by atoms with Crippen LogP contribution in [0, 0.1) is 11.7 Å². The highest BCUT2D eigenvalue weighted by molar-refractivity contribution is 5.26. The minimum absolute atomic E-state index is 0.320. The second-order valence-corrected chi connectivity index (χ2v) is 5.47. The highest BCUT2D eigenvalue weighted by Gasteiger charge is 2.08. The van der Waals surface area contributed by atoms with E-state index in [1.54, 1.807) is 0 Å². The topological polar surface area (TPSA) is 43.4 Å². The number of aromatic nitrogens is 1. The lowest BCUT2D eigenvalue weighted by molar-refractivity contribution is 0.0802. The summed E-state index contributed by atoms with van der Waals surface area (Å²) in [7, 11) is 0. The van der Waals surface area contributed by atoms with E-state index in [0.717, 1.165) is 5.56 Å². The van der Waals surface area contributed by atoms with Crippen LogP contribution < -0.4 is 10.1 Å². The molecular weight excluding hydrogens is 259 g/mol. The number of hydrogen-bond acceptors (Lipinski definition) is 4. The van der Waals surface area contributed by atoms with Crippen LogP contribution in [0.5, 0.6) is 5.88 Å². The lowest BCUT2D eigenvalue weighted by atomic mass is 10.2. The predicted octanol–water partition coefficient (Wildman–Crippen LogP) is 2.77. The summed E-state index contributed by atoms with van der Waals surface area (Å²) in [6.45, 7) is 10.4. The number of ether oxygens (including phenoxy) is 2. The Hall–Kier alpha value is -1.20. The van der Waals surface area contributed by atoms with Gasteiger partial charge in [0.05, 0.1) is 12.8 Å². The smallest absolute Gasteiger partial charge is 0.218 e. The van der Waals surface area contributed by atoms with Crippen molar-refractivity contribution in [2.45, 2.75) is 40.3 Å². The molecular formula is C15H25FN2O2.